The molecule has 2 heterocycles. The molecule has 0 aliphatic carbocycles. The number of imidazole rings is 1. The molecule has 2 N–H and O–H groups in total. The van der Waals surface area contributed by atoms with Crippen molar-refractivity contribution in [1.29, 1.82) is 0 Å². The van der Waals surface area contributed by atoms with Crippen LogP contribution >= 0.6 is 0 Å². The summed E-state index contributed by atoms with van der Waals surface area (Å²) in [6.07, 6.45) is 3.26. The number of aromatic amines is 1. The Bertz CT molecular complexity index is 923. The molecule has 1 aliphatic heterocycles. The van der Waals surface area contributed by atoms with Crippen molar-refractivity contribution in [3.8, 4) is 0 Å². The lowest BCUT2D eigenvalue weighted by atomic mass is 10.0. The van der Waals surface area contributed by atoms with E-state index >= 15 is 0 Å². The molecule has 0 saturated carbocycles. The molecule has 5 nitrogen and oxygen atoms in total. The van der Waals surface area contributed by atoms with Gasteiger partial charge in [-0.2, -0.15) is 0 Å². The van der Waals surface area contributed by atoms with Gasteiger partial charge in [0, 0.05) is 25.7 Å². The van der Waals surface area contributed by atoms with Gasteiger partial charge in [-0.05, 0) is 43.4 Å². The number of nitrogens with one attached hydrogen (secondary N) is 1. The quantitative estimate of drug-likeness (QED) is 0.706. The molecule has 1 aromatic heterocycles. The molecular weight excluding hydrogens is 338 g/mol. The summed E-state index contributed by atoms with van der Waals surface area (Å²) in [7, 11) is 0. The standard InChI is InChI=1S/C22H27N3O2/c26-19(11-10-17-6-2-1-3-7-17)16-24-14-12-18(13-15-24)25-21-9-5-4-8-20(21)23-22(25)27/h1-9,18-19,26H,10-16H2,(H,23,27). The van der Waals surface area contributed by atoms with Gasteiger partial charge in [-0.3, -0.25) is 4.57 Å². The highest BCUT2D eigenvalue weighted by molar-refractivity contribution is 5.75. The number of aliphatic hydroxyl groups excluding tert-OH is 1. The van der Waals surface area contributed by atoms with E-state index in [1.165, 1.54) is 5.56 Å². The van der Waals surface area contributed by atoms with Crippen LogP contribution in [0.2, 0.25) is 0 Å². The van der Waals surface area contributed by atoms with Crippen LogP contribution in [0.15, 0.2) is 59.4 Å². The molecule has 2 aromatic carbocycles. The lowest BCUT2D eigenvalue weighted by Gasteiger charge is -2.33. The minimum Gasteiger partial charge on any atom is -0.392 e. The van der Waals surface area contributed by atoms with Gasteiger partial charge in [0.05, 0.1) is 17.1 Å². The minimum atomic E-state index is -0.308. The molecule has 1 saturated heterocycles. The lowest BCUT2D eigenvalue weighted by Crippen LogP contribution is -2.40. The van der Waals surface area contributed by atoms with E-state index in [9.17, 15) is 9.90 Å². The van der Waals surface area contributed by atoms with Crippen LogP contribution in [0.4, 0.5) is 0 Å². The first-order chi connectivity index (χ1) is 13.2. The van der Waals surface area contributed by atoms with E-state index in [1.54, 1.807) is 0 Å². The van der Waals surface area contributed by atoms with Gasteiger partial charge in [0.1, 0.15) is 0 Å². The number of para-hydroxylation sites is 2. The molecule has 142 valence electrons. The second-order valence-electron chi connectivity index (χ2n) is 7.53. The molecule has 0 spiro atoms. The van der Waals surface area contributed by atoms with E-state index in [1.807, 2.05) is 47.0 Å². The molecule has 1 unspecified atom stereocenters. The van der Waals surface area contributed by atoms with Gasteiger partial charge in [-0.1, -0.05) is 42.5 Å². The predicted octanol–water partition coefficient (Wildman–Crippen LogP) is 2.96. The summed E-state index contributed by atoms with van der Waals surface area (Å²) in [4.78, 5) is 17.7. The van der Waals surface area contributed by atoms with Crippen molar-refractivity contribution in [1.82, 2.24) is 14.5 Å². The summed E-state index contributed by atoms with van der Waals surface area (Å²) in [5.41, 5.74) is 3.15. The van der Waals surface area contributed by atoms with Crippen LogP contribution < -0.4 is 5.69 Å². The third-order valence-corrected chi connectivity index (χ3v) is 5.62. The van der Waals surface area contributed by atoms with Gasteiger partial charge in [0.2, 0.25) is 0 Å². The number of aryl methyl sites for hydroxylation is 1. The van der Waals surface area contributed by atoms with E-state index in [4.69, 9.17) is 0 Å². The monoisotopic (exact) mass is 365 g/mol. The first-order valence-corrected chi connectivity index (χ1v) is 9.84. The van der Waals surface area contributed by atoms with Crippen molar-refractivity contribution < 1.29 is 5.11 Å². The number of piperidine rings is 1. The van der Waals surface area contributed by atoms with Crippen molar-refractivity contribution in [2.75, 3.05) is 19.6 Å². The number of likely N-dealkylation sites (tertiary alicyclic amines) is 1. The summed E-state index contributed by atoms with van der Waals surface area (Å²) in [5, 5.41) is 10.4. The lowest BCUT2D eigenvalue weighted by molar-refractivity contribution is 0.0853. The Hall–Kier alpha value is -2.37. The average molecular weight is 365 g/mol. The summed E-state index contributed by atoms with van der Waals surface area (Å²) in [5.74, 6) is 0. The number of aromatic nitrogens is 2. The number of benzene rings is 2. The number of hydrogen-bond acceptors (Lipinski definition) is 3. The fourth-order valence-corrected chi connectivity index (χ4v) is 4.16. The Morgan fingerprint density at radius 1 is 1.04 bits per heavy atom. The van der Waals surface area contributed by atoms with Gasteiger partial charge in [-0.25, -0.2) is 4.79 Å². The van der Waals surface area contributed by atoms with Gasteiger partial charge >= 0.3 is 5.69 Å². The maximum atomic E-state index is 12.4. The van der Waals surface area contributed by atoms with Crippen LogP contribution in [-0.4, -0.2) is 45.3 Å². The summed E-state index contributed by atoms with van der Waals surface area (Å²) >= 11 is 0. The van der Waals surface area contributed by atoms with Crippen LogP contribution in [0.5, 0.6) is 0 Å². The highest BCUT2D eigenvalue weighted by Gasteiger charge is 2.24. The van der Waals surface area contributed by atoms with Crippen LogP contribution in [0, 0.1) is 0 Å². The molecule has 27 heavy (non-hydrogen) atoms. The van der Waals surface area contributed by atoms with E-state index < -0.39 is 0 Å². The Kier molecular flexibility index (Phi) is 5.41. The van der Waals surface area contributed by atoms with Crippen molar-refractivity contribution in [3.63, 3.8) is 0 Å². The number of hydrogen-bond donors (Lipinski definition) is 2. The minimum absolute atomic E-state index is 0.0162. The number of rotatable bonds is 6. The first-order valence-electron chi connectivity index (χ1n) is 9.84. The predicted molar refractivity (Wildman–Crippen MR) is 108 cm³/mol. The summed E-state index contributed by atoms with van der Waals surface area (Å²) in [6.45, 7) is 2.54. The van der Waals surface area contributed by atoms with Crippen molar-refractivity contribution in [3.05, 3.63) is 70.6 Å². The highest BCUT2D eigenvalue weighted by atomic mass is 16.3. The number of nitrogens with zero attached hydrogens (tertiary/aromatic N) is 2. The third-order valence-electron chi connectivity index (χ3n) is 5.62. The van der Waals surface area contributed by atoms with Gasteiger partial charge in [0.15, 0.2) is 0 Å². The molecule has 1 atom stereocenters. The van der Waals surface area contributed by atoms with Crippen molar-refractivity contribution in [2.45, 2.75) is 37.8 Å². The zero-order valence-corrected chi connectivity index (χ0v) is 15.6. The fourth-order valence-electron chi connectivity index (χ4n) is 4.16. The van der Waals surface area contributed by atoms with Crippen LogP contribution in [0.3, 0.4) is 0 Å². The second kappa shape index (κ2) is 8.11. The highest BCUT2D eigenvalue weighted by Crippen LogP contribution is 2.25. The molecule has 3 aromatic rings. The van der Waals surface area contributed by atoms with E-state index in [0.29, 0.717) is 6.54 Å². The number of β-amino-alcohol motifs (C(OH)–C–C–N with tert-alkyl or cyclic N) is 1. The first kappa shape index (κ1) is 18.0. The maximum absolute atomic E-state index is 12.4. The molecule has 0 radical (unpaired) electrons. The van der Waals surface area contributed by atoms with E-state index in [0.717, 1.165) is 49.8 Å². The Labute approximate surface area is 159 Å². The van der Waals surface area contributed by atoms with Crippen LogP contribution in [0.1, 0.15) is 30.9 Å². The van der Waals surface area contributed by atoms with Gasteiger partial charge < -0.3 is 15.0 Å². The third kappa shape index (κ3) is 4.15. The van der Waals surface area contributed by atoms with Crippen molar-refractivity contribution >= 4 is 11.0 Å². The number of aliphatic hydroxyl groups is 1. The smallest absolute Gasteiger partial charge is 0.326 e. The zero-order chi connectivity index (χ0) is 18.6. The summed E-state index contributed by atoms with van der Waals surface area (Å²) in [6, 6.07) is 18.4. The van der Waals surface area contributed by atoms with Crippen LogP contribution in [0.25, 0.3) is 11.0 Å². The average Bonchev–Trinajstić information content (AvgIpc) is 3.04. The Morgan fingerprint density at radius 2 is 1.74 bits per heavy atom. The van der Waals surface area contributed by atoms with Gasteiger partial charge in [0.25, 0.3) is 0 Å². The molecule has 1 fully saturated rings. The molecule has 1 aliphatic rings. The van der Waals surface area contributed by atoms with Gasteiger partial charge in [-0.15, -0.1) is 0 Å². The maximum Gasteiger partial charge on any atom is 0.326 e. The SMILES string of the molecule is O=c1[nH]c2ccccc2n1C1CCN(CC(O)CCc2ccccc2)CC1. The molecule has 0 amide bonds. The molecule has 5 heteroatoms. The molecule has 4 rings (SSSR count). The number of H-pyrrole nitrogens is 1. The molecular formula is C22H27N3O2. The van der Waals surface area contributed by atoms with Crippen LogP contribution in [-0.2, 0) is 6.42 Å². The number of fused-ring (bicyclic) bond motifs is 1. The normalized spacial score (nSPS) is 17.4. The molecule has 0 bridgehead atoms. The largest absolute Gasteiger partial charge is 0.392 e. The topological polar surface area (TPSA) is 61.3 Å². The van der Waals surface area contributed by atoms with E-state index in [-0.39, 0.29) is 17.8 Å². The second-order valence-corrected chi connectivity index (χ2v) is 7.53. The van der Waals surface area contributed by atoms with E-state index in [2.05, 4.69) is 22.0 Å². The fraction of sp³-hybridized carbons (Fsp3) is 0.409. The van der Waals surface area contributed by atoms with Crippen molar-refractivity contribution in [2.24, 2.45) is 0 Å². The zero-order valence-electron chi connectivity index (χ0n) is 15.6. The summed E-state index contributed by atoms with van der Waals surface area (Å²) < 4.78 is 1.92. The Morgan fingerprint density at radius 3 is 2.52 bits per heavy atom. The Balaban J connectivity index is 1.31.